The number of hydrogen-bond acceptors (Lipinski definition) is 4. The van der Waals surface area contributed by atoms with Crippen molar-refractivity contribution in [2.24, 2.45) is 0 Å². The number of sulfonamides is 1. The fraction of sp³-hybridized carbons (Fsp3) is 0.364. The zero-order chi connectivity index (χ0) is 13.4. The van der Waals surface area contributed by atoms with Crippen LogP contribution in [0.3, 0.4) is 0 Å². The van der Waals surface area contributed by atoms with E-state index in [2.05, 4.69) is 10.0 Å². The average molecular weight is 272 g/mol. The lowest BCUT2D eigenvalue weighted by Gasteiger charge is -2.07. The van der Waals surface area contributed by atoms with Gasteiger partial charge in [-0.15, -0.1) is 0 Å². The number of carbonyl (C=O) groups excluding carboxylic acids is 1. The molecule has 0 radical (unpaired) electrons. The molecule has 18 heavy (non-hydrogen) atoms. The Hall–Kier alpha value is -1.60. The Balaban J connectivity index is 2.23. The molecule has 7 heteroatoms. The monoisotopic (exact) mass is 272 g/mol. The van der Waals surface area contributed by atoms with Crippen LogP contribution in [0.2, 0.25) is 0 Å². The summed E-state index contributed by atoms with van der Waals surface area (Å²) >= 11 is 0. The van der Waals surface area contributed by atoms with E-state index < -0.39 is 16.1 Å². The SMILES string of the molecule is CNS(=O)(=O)CCNC(=O)OCc1ccccc1. The molecule has 1 rings (SSSR count). The third-order valence-electron chi connectivity index (χ3n) is 2.16. The first kappa shape index (κ1) is 14.5. The van der Waals surface area contributed by atoms with Crippen LogP contribution in [0.15, 0.2) is 30.3 Å². The minimum Gasteiger partial charge on any atom is -0.445 e. The normalized spacial score (nSPS) is 10.9. The Morgan fingerprint density at radius 2 is 1.94 bits per heavy atom. The maximum Gasteiger partial charge on any atom is 0.407 e. The van der Waals surface area contributed by atoms with Gasteiger partial charge in [0.25, 0.3) is 0 Å². The number of amides is 1. The molecule has 0 aliphatic heterocycles. The number of ether oxygens (including phenoxy) is 1. The van der Waals surface area contributed by atoms with Crippen molar-refractivity contribution in [3.8, 4) is 0 Å². The topological polar surface area (TPSA) is 84.5 Å². The van der Waals surface area contributed by atoms with Crippen LogP contribution in [0.5, 0.6) is 0 Å². The minimum absolute atomic E-state index is 0.0107. The van der Waals surface area contributed by atoms with Crippen LogP contribution in [0.1, 0.15) is 5.56 Å². The number of hydrogen-bond donors (Lipinski definition) is 2. The quantitative estimate of drug-likeness (QED) is 0.788. The van der Waals surface area contributed by atoms with E-state index in [9.17, 15) is 13.2 Å². The minimum atomic E-state index is -3.30. The van der Waals surface area contributed by atoms with Gasteiger partial charge in [-0.3, -0.25) is 0 Å². The lowest BCUT2D eigenvalue weighted by molar-refractivity contribution is 0.140. The van der Waals surface area contributed by atoms with Crippen molar-refractivity contribution in [1.82, 2.24) is 10.0 Å². The fourth-order valence-electron chi connectivity index (χ4n) is 1.16. The number of alkyl carbamates (subject to hydrolysis) is 1. The molecule has 0 aromatic heterocycles. The van der Waals surface area contributed by atoms with Crippen LogP contribution >= 0.6 is 0 Å². The molecule has 1 aromatic carbocycles. The van der Waals surface area contributed by atoms with Crippen molar-refractivity contribution < 1.29 is 17.9 Å². The Labute approximate surface area is 106 Å². The molecule has 0 unspecified atom stereocenters. The highest BCUT2D eigenvalue weighted by atomic mass is 32.2. The van der Waals surface area contributed by atoms with Crippen molar-refractivity contribution in [3.63, 3.8) is 0 Å². The maximum absolute atomic E-state index is 11.2. The number of carbonyl (C=O) groups is 1. The predicted molar refractivity (Wildman–Crippen MR) is 67.5 cm³/mol. The van der Waals surface area contributed by atoms with Crippen LogP contribution in [-0.4, -0.2) is 33.9 Å². The highest BCUT2D eigenvalue weighted by molar-refractivity contribution is 7.89. The first-order valence-electron chi connectivity index (χ1n) is 5.39. The third kappa shape index (κ3) is 5.65. The first-order chi connectivity index (χ1) is 8.53. The van der Waals surface area contributed by atoms with Gasteiger partial charge in [0.05, 0.1) is 5.75 Å². The van der Waals surface area contributed by atoms with E-state index in [0.29, 0.717) is 0 Å². The van der Waals surface area contributed by atoms with Gasteiger partial charge in [0.2, 0.25) is 10.0 Å². The van der Waals surface area contributed by atoms with E-state index in [-0.39, 0.29) is 18.9 Å². The van der Waals surface area contributed by atoms with Crippen molar-refractivity contribution in [3.05, 3.63) is 35.9 Å². The van der Waals surface area contributed by atoms with Gasteiger partial charge in [-0.25, -0.2) is 17.9 Å². The summed E-state index contributed by atoms with van der Waals surface area (Å²) in [6.45, 7) is 0.169. The zero-order valence-corrected chi connectivity index (χ0v) is 10.9. The molecule has 1 aromatic rings. The maximum atomic E-state index is 11.2. The van der Waals surface area contributed by atoms with Gasteiger partial charge < -0.3 is 10.1 Å². The Bertz CT molecular complexity index is 473. The van der Waals surface area contributed by atoms with Gasteiger partial charge in [0.1, 0.15) is 6.61 Å². The van der Waals surface area contributed by atoms with Crippen LogP contribution in [-0.2, 0) is 21.4 Å². The summed E-state index contributed by atoms with van der Waals surface area (Å²) in [5, 5.41) is 2.36. The number of benzene rings is 1. The average Bonchev–Trinajstić information content (AvgIpc) is 2.37. The summed E-state index contributed by atoms with van der Waals surface area (Å²) in [6.07, 6.45) is -0.634. The molecule has 0 aliphatic carbocycles. The predicted octanol–water partition coefficient (Wildman–Crippen LogP) is 0.462. The standard InChI is InChI=1S/C11H16N2O4S/c1-12-18(15,16)8-7-13-11(14)17-9-10-5-3-2-4-6-10/h2-6,12H,7-9H2,1H3,(H,13,14). The van der Waals surface area contributed by atoms with E-state index >= 15 is 0 Å². The molecule has 0 fully saturated rings. The first-order valence-corrected chi connectivity index (χ1v) is 7.04. The lowest BCUT2D eigenvalue weighted by atomic mass is 10.2. The molecule has 0 saturated carbocycles. The Kier molecular flexibility index (Phi) is 5.60. The third-order valence-corrected chi connectivity index (χ3v) is 3.53. The van der Waals surface area contributed by atoms with Gasteiger partial charge in [0.15, 0.2) is 0 Å². The summed E-state index contributed by atoms with van der Waals surface area (Å²) in [6, 6.07) is 9.22. The van der Waals surface area contributed by atoms with Crippen LogP contribution in [0.4, 0.5) is 4.79 Å². The molecule has 0 aliphatic rings. The summed E-state index contributed by atoms with van der Waals surface area (Å²) in [7, 11) is -1.98. The van der Waals surface area contributed by atoms with Crippen molar-refractivity contribution in [2.45, 2.75) is 6.61 Å². The summed E-state index contributed by atoms with van der Waals surface area (Å²) in [4.78, 5) is 11.2. The second-order valence-corrected chi connectivity index (χ2v) is 5.56. The highest BCUT2D eigenvalue weighted by Gasteiger charge is 2.08. The van der Waals surface area contributed by atoms with Gasteiger partial charge in [-0.2, -0.15) is 0 Å². The summed E-state index contributed by atoms with van der Waals surface area (Å²) in [5.74, 6) is -0.177. The molecule has 6 nitrogen and oxygen atoms in total. The smallest absolute Gasteiger partial charge is 0.407 e. The van der Waals surface area contributed by atoms with E-state index in [1.54, 1.807) is 0 Å². The number of rotatable bonds is 6. The number of nitrogens with one attached hydrogen (secondary N) is 2. The molecule has 0 heterocycles. The van der Waals surface area contributed by atoms with Crippen LogP contribution in [0.25, 0.3) is 0 Å². The molecule has 0 saturated heterocycles. The molecular formula is C11H16N2O4S. The van der Waals surface area contributed by atoms with Gasteiger partial charge in [-0.05, 0) is 12.6 Å². The Morgan fingerprint density at radius 3 is 2.56 bits per heavy atom. The van der Waals surface area contributed by atoms with E-state index in [1.165, 1.54) is 7.05 Å². The summed E-state index contributed by atoms with van der Waals surface area (Å²) in [5.41, 5.74) is 0.871. The highest BCUT2D eigenvalue weighted by Crippen LogP contribution is 2.00. The van der Waals surface area contributed by atoms with Crippen molar-refractivity contribution >= 4 is 16.1 Å². The van der Waals surface area contributed by atoms with Crippen LogP contribution in [0, 0.1) is 0 Å². The fourth-order valence-corrected chi connectivity index (χ4v) is 1.74. The molecule has 2 N–H and O–H groups in total. The van der Waals surface area contributed by atoms with Gasteiger partial charge in [-0.1, -0.05) is 30.3 Å². The molecule has 0 atom stereocenters. The molecule has 0 bridgehead atoms. The second kappa shape index (κ2) is 6.97. The summed E-state index contributed by atoms with van der Waals surface area (Å²) < 4.78 is 29.2. The van der Waals surface area contributed by atoms with Crippen molar-refractivity contribution in [1.29, 1.82) is 0 Å². The Morgan fingerprint density at radius 1 is 1.28 bits per heavy atom. The van der Waals surface area contributed by atoms with Crippen molar-refractivity contribution in [2.75, 3.05) is 19.3 Å². The molecule has 100 valence electrons. The lowest BCUT2D eigenvalue weighted by Crippen LogP contribution is -2.33. The zero-order valence-electron chi connectivity index (χ0n) is 10.0. The largest absolute Gasteiger partial charge is 0.445 e. The molecule has 0 spiro atoms. The van der Waals surface area contributed by atoms with E-state index in [0.717, 1.165) is 5.56 Å². The van der Waals surface area contributed by atoms with E-state index in [4.69, 9.17) is 4.74 Å². The second-order valence-electron chi connectivity index (χ2n) is 3.51. The van der Waals surface area contributed by atoms with Crippen LogP contribution < -0.4 is 10.0 Å². The van der Waals surface area contributed by atoms with E-state index in [1.807, 2.05) is 30.3 Å². The van der Waals surface area contributed by atoms with Gasteiger partial charge in [0, 0.05) is 6.54 Å². The molecule has 1 amide bonds. The van der Waals surface area contributed by atoms with Gasteiger partial charge >= 0.3 is 6.09 Å². The molecular weight excluding hydrogens is 256 g/mol.